The van der Waals surface area contributed by atoms with Gasteiger partial charge in [-0.1, -0.05) is 6.42 Å². The van der Waals surface area contributed by atoms with Gasteiger partial charge in [-0.2, -0.15) is 5.10 Å². The molecule has 0 spiro atoms. The van der Waals surface area contributed by atoms with Crippen molar-refractivity contribution >= 4 is 0 Å². The van der Waals surface area contributed by atoms with Crippen molar-refractivity contribution in [2.45, 2.75) is 57.0 Å². The molecule has 4 heteroatoms. The standard InChI is InChI=1S/C17H30N4/c1-19(2)11-9-16-6-4-5-10-21(16)13-15-12-18-20(3)17(15)14-7-8-14/h12,14,16H,4-11,13H2,1-3H3/t16-/m1/s1. The van der Waals surface area contributed by atoms with Gasteiger partial charge < -0.3 is 4.90 Å². The molecule has 0 N–H and O–H groups in total. The van der Waals surface area contributed by atoms with Gasteiger partial charge in [0.15, 0.2) is 0 Å². The molecule has 4 nitrogen and oxygen atoms in total. The molecular weight excluding hydrogens is 260 g/mol. The van der Waals surface area contributed by atoms with E-state index in [1.54, 1.807) is 0 Å². The van der Waals surface area contributed by atoms with Crippen molar-refractivity contribution in [3.8, 4) is 0 Å². The molecule has 1 atom stereocenters. The Kier molecular flexibility index (Phi) is 4.65. The Balaban J connectivity index is 1.66. The molecule has 2 heterocycles. The maximum absolute atomic E-state index is 4.52. The summed E-state index contributed by atoms with van der Waals surface area (Å²) in [5.74, 6) is 0.789. The van der Waals surface area contributed by atoms with Crippen LogP contribution in [0.3, 0.4) is 0 Å². The number of nitrogens with zero attached hydrogens (tertiary/aromatic N) is 4. The molecule has 1 aliphatic heterocycles. The van der Waals surface area contributed by atoms with Crippen LogP contribution in [0.25, 0.3) is 0 Å². The average molecular weight is 290 g/mol. The van der Waals surface area contributed by atoms with Crippen molar-refractivity contribution in [3.05, 3.63) is 17.5 Å². The van der Waals surface area contributed by atoms with Crippen LogP contribution in [0.4, 0.5) is 0 Å². The van der Waals surface area contributed by atoms with Gasteiger partial charge in [-0.05, 0) is 59.3 Å². The largest absolute Gasteiger partial charge is 0.309 e. The lowest BCUT2D eigenvalue weighted by Gasteiger charge is -2.36. The highest BCUT2D eigenvalue weighted by molar-refractivity contribution is 5.25. The molecule has 2 aliphatic rings. The molecule has 0 aromatic carbocycles. The monoisotopic (exact) mass is 290 g/mol. The second-order valence-electron chi connectivity index (χ2n) is 7.16. The van der Waals surface area contributed by atoms with E-state index in [1.165, 1.54) is 62.9 Å². The first-order chi connectivity index (χ1) is 10.1. The van der Waals surface area contributed by atoms with Crippen LogP contribution in [0.5, 0.6) is 0 Å². The van der Waals surface area contributed by atoms with Crippen LogP contribution in [0, 0.1) is 0 Å². The van der Waals surface area contributed by atoms with E-state index in [-0.39, 0.29) is 0 Å². The zero-order chi connectivity index (χ0) is 14.8. The predicted octanol–water partition coefficient (Wildman–Crippen LogP) is 2.60. The van der Waals surface area contributed by atoms with E-state index < -0.39 is 0 Å². The Hall–Kier alpha value is -0.870. The molecule has 1 aromatic rings. The van der Waals surface area contributed by atoms with E-state index in [0.29, 0.717) is 0 Å². The van der Waals surface area contributed by atoms with Crippen molar-refractivity contribution in [2.75, 3.05) is 27.2 Å². The van der Waals surface area contributed by atoms with E-state index in [0.717, 1.165) is 18.5 Å². The molecule has 1 aliphatic carbocycles. The highest BCUT2D eigenvalue weighted by atomic mass is 15.3. The Labute approximate surface area is 129 Å². The number of likely N-dealkylation sites (tertiary alicyclic amines) is 1. The van der Waals surface area contributed by atoms with E-state index in [4.69, 9.17) is 0 Å². The molecule has 2 fully saturated rings. The molecule has 3 rings (SSSR count). The Morgan fingerprint density at radius 2 is 2.05 bits per heavy atom. The van der Waals surface area contributed by atoms with Crippen molar-refractivity contribution in [2.24, 2.45) is 7.05 Å². The van der Waals surface area contributed by atoms with Crippen LogP contribution in [0.1, 0.15) is 55.7 Å². The van der Waals surface area contributed by atoms with Gasteiger partial charge >= 0.3 is 0 Å². The summed E-state index contributed by atoms with van der Waals surface area (Å²) in [5.41, 5.74) is 2.99. The smallest absolute Gasteiger partial charge is 0.0537 e. The lowest BCUT2D eigenvalue weighted by molar-refractivity contribution is 0.124. The number of hydrogen-bond donors (Lipinski definition) is 0. The summed E-state index contributed by atoms with van der Waals surface area (Å²) in [7, 11) is 6.47. The highest BCUT2D eigenvalue weighted by Gasteiger charge is 2.31. The summed E-state index contributed by atoms with van der Waals surface area (Å²) >= 11 is 0. The topological polar surface area (TPSA) is 24.3 Å². The second kappa shape index (κ2) is 6.49. The van der Waals surface area contributed by atoms with Gasteiger partial charge in [-0.25, -0.2) is 0 Å². The Bertz CT molecular complexity index is 461. The van der Waals surface area contributed by atoms with Crippen LogP contribution in [0.2, 0.25) is 0 Å². The fourth-order valence-corrected chi connectivity index (χ4v) is 3.72. The van der Waals surface area contributed by atoms with E-state index >= 15 is 0 Å². The third-order valence-electron chi connectivity index (χ3n) is 5.06. The summed E-state index contributed by atoms with van der Waals surface area (Å²) in [6.07, 6.45) is 10.3. The Morgan fingerprint density at radius 3 is 2.76 bits per heavy atom. The van der Waals surface area contributed by atoms with Crippen LogP contribution in [-0.4, -0.2) is 52.8 Å². The molecule has 1 saturated carbocycles. The van der Waals surface area contributed by atoms with Crippen LogP contribution >= 0.6 is 0 Å². The minimum atomic E-state index is 0.758. The SMILES string of the molecule is CN(C)CC[C@H]1CCCCN1Cc1cnn(C)c1C1CC1. The summed E-state index contributed by atoms with van der Waals surface area (Å²) in [6, 6.07) is 0.758. The summed E-state index contributed by atoms with van der Waals surface area (Å²) in [4.78, 5) is 5.03. The fourth-order valence-electron chi connectivity index (χ4n) is 3.72. The molecule has 1 aromatic heterocycles. The van der Waals surface area contributed by atoms with Gasteiger partial charge in [0.25, 0.3) is 0 Å². The first kappa shape index (κ1) is 15.0. The average Bonchev–Trinajstić information content (AvgIpc) is 3.23. The minimum absolute atomic E-state index is 0.758. The zero-order valence-electron chi connectivity index (χ0n) is 13.9. The lowest BCUT2D eigenvalue weighted by Crippen LogP contribution is -2.40. The predicted molar refractivity (Wildman–Crippen MR) is 86.4 cm³/mol. The van der Waals surface area contributed by atoms with Crippen LogP contribution < -0.4 is 0 Å². The van der Waals surface area contributed by atoms with Crippen LogP contribution in [-0.2, 0) is 13.6 Å². The van der Waals surface area contributed by atoms with Crippen molar-refractivity contribution in [3.63, 3.8) is 0 Å². The fraction of sp³-hybridized carbons (Fsp3) is 0.824. The molecular formula is C17H30N4. The number of aryl methyl sites for hydroxylation is 1. The number of piperidine rings is 1. The molecule has 118 valence electrons. The third-order valence-corrected chi connectivity index (χ3v) is 5.06. The van der Waals surface area contributed by atoms with Crippen LogP contribution in [0.15, 0.2) is 6.20 Å². The van der Waals surface area contributed by atoms with Gasteiger partial charge in [-0.3, -0.25) is 9.58 Å². The first-order valence-corrected chi connectivity index (χ1v) is 8.54. The van der Waals surface area contributed by atoms with Crippen molar-refractivity contribution in [1.82, 2.24) is 19.6 Å². The molecule has 0 bridgehead atoms. The van der Waals surface area contributed by atoms with Gasteiger partial charge in [0.2, 0.25) is 0 Å². The number of rotatable bonds is 6. The molecule has 1 saturated heterocycles. The Morgan fingerprint density at radius 1 is 1.24 bits per heavy atom. The van der Waals surface area contributed by atoms with E-state index in [1.807, 2.05) is 0 Å². The summed E-state index contributed by atoms with van der Waals surface area (Å²) in [5, 5.41) is 4.52. The van der Waals surface area contributed by atoms with Crippen molar-refractivity contribution < 1.29 is 0 Å². The lowest BCUT2D eigenvalue weighted by atomic mass is 9.98. The number of hydrogen-bond acceptors (Lipinski definition) is 3. The quantitative estimate of drug-likeness (QED) is 0.805. The summed E-state index contributed by atoms with van der Waals surface area (Å²) < 4.78 is 2.12. The van der Waals surface area contributed by atoms with E-state index in [9.17, 15) is 0 Å². The second-order valence-corrected chi connectivity index (χ2v) is 7.16. The van der Waals surface area contributed by atoms with Gasteiger partial charge in [0, 0.05) is 36.8 Å². The molecule has 21 heavy (non-hydrogen) atoms. The van der Waals surface area contributed by atoms with Gasteiger partial charge in [0.1, 0.15) is 0 Å². The maximum atomic E-state index is 4.52. The zero-order valence-corrected chi connectivity index (χ0v) is 13.9. The van der Waals surface area contributed by atoms with E-state index in [2.05, 4.69) is 46.9 Å². The minimum Gasteiger partial charge on any atom is -0.309 e. The molecule has 0 amide bonds. The number of aromatic nitrogens is 2. The van der Waals surface area contributed by atoms with Gasteiger partial charge in [-0.15, -0.1) is 0 Å². The third kappa shape index (κ3) is 3.67. The molecule has 0 radical (unpaired) electrons. The first-order valence-electron chi connectivity index (χ1n) is 8.54. The van der Waals surface area contributed by atoms with Crippen molar-refractivity contribution in [1.29, 1.82) is 0 Å². The summed E-state index contributed by atoms with van der Waals surface area (Å²) in [6.45, 7) is 3.57. The maximum Gasteiger partial charge on any atom is 0.0537 e. The van der Waals surface area contributed by atoms with Gasteiger partial charge in [0.05, 0.1) is 6.20 Å². The highest BCUT2D eigenvalue weighted by Crippen LogP contribution is 2.41. The molecule has 0 unspecified atom stereocenters. The normalized spacial score (nSPS) is 23.9.